The zero-order chi connectivity index (χ0) is 11.0. The monoisotopic (exact) mass is 216 g/mol. The Morgan fingerprint density at radius 2 is 2.25 bits per heavy atom. The topological polar surface area (TPSA) is 56.7 Å². The lowest BCUT2D eigenvalue weighted by atomic mass is 9.83. The van der Waals surface area contributed by atoms with Gasteiger partial charge in [0.15, 0.2) is 0 Å². The third-order valence-corrected chi connectivity index (χ3v) is 3.51. The number of nitrogens with two attached hydrogens (primary N) is 1. The van der Waals surface area contributed by atoms with E-state index in [2.05, 4.69) is 10.3 Å². The quantitative estimate of drug-likeness (QED) is 0.800. The summed E-state index contributed by atoms with van der Waals surface area (Å²) >= 11 is 0. The van der Waals surface area contributed by atoms with E-state index in [1.54, 1.807) is 0 Å². The van der Waals surface area contributed by atoms with Gasteiger partial charge in [0.2, 0.25) is 0 Å². The average molecular weight is 216 g/mol. The minimum absolute atomic E-state index is 0.749. The number of benzene rings is 1. The van der Waals surface area contributed by atoms with E-state index in [1.807, 2.05) is 22.9 Å². The molecule has 0 aliphatic heterocycles. The molecule has 0 atom stereocenters. The Balaban J connectivity index is 1.80. The summed E-state index contributed by atoms with van der Waals surface area (Å²) < 4.78 is 1.99. The Morgan fingerprint density at radius 1 is 1.38 bits per heavy atom. The second-order valence-electron chi connectivity index (χ2n) is 4.65. The second kappa shape index (κ2) is 3.77. The van der Waals surface area contributed by atoms with Crippen molar-refractivity contribution >= 4 is 16.7 Å². The average Bonchev–Trinajstić information content (AvgIpc) is 2.58. The van der Waals surface area contributed by atoms with Crippen LogP contribution >= 0.6 is 0 Å². The van der Waals surface area contributed by atoms with Gasteiger partial charge in [-0.15, -0.1) is 5.10 Å². The number of anilines is 1. The van der Waals surface area contributed by atoms with Gasteiger partial charge in [-0.3, -0.25) is 0 Å². The van der Waals surface area contributed by atoms with Crippen LogP contribution in [0.15, 0.2) is 18.2 Å². The first-order chi connectivity index (χ1) is 7.83. The van der Waals surface area contributed by atoms with Gasteiger partial charge in [-0.2, -0.15) is 0 Å². The van der Waals surface area contributed by atoms with Gasteiger partial charge in [0.1, 0.15) is 5.52 Å². The molecule has 1 saturated carbocycles. The zero-order valence-electron chi connectivity index (χ0n) is 9.26. The van der Waals surface area contributed by atoms with Crippen LogP contribution in [0.4, 0.5) is 5.69 Å². The highest BCUT2D eigenvalue weighted by Gasteiger charge is 2.17. The van der Waals surface area contributed by atoms with Gasteiger partial charge in [-0.25, -0.2) is 4.68 Å². The lowest BCUT2D eigenvalue weighted by molar-refractivity contribution is 0.278. The molecule has 1 aliphatic carbocycles. The standard InChI is InChI=1S/C12H16N4/c13-10-4-5-12-11(8-10)14-15-16(12)7-6-9-2-1-3-9/h4-5,8-9H,1-3,6-7,13H2. The van der Waals surface area contributed by atoms with Crippen molar-refractivity contribution in [3.05, 3.63) is 18.2 Å². The first-order valence-electron chi connectivity index (χ1n) is 5.91. The van der Waals surface area contributed by atoms with Crippen molar-refractivity contribution in [2.45, 2.75) is 32.2 Å². The van der Waals surface area contributed by atoms with Gasteiger partial charge in [-0.05, 0) is 30.5 Å². The molecule has 1 heterocycles. The van der Waals surface area contributed by atoms with Crippen molar-refractivity contribution < 1.29 is 0 Å². The van der Waals surface area contributed by atoms with E-state index >= 15 is 0 Å². The molecule has 4 nitrogen and oxygen atoms in total. The van der Waals surface area contributed by atoms with E-state index in [9.17, 15) is 0 Å². The zero-order valence-corrected chi connectivity index (χ0v) is 9.26. The van der Waals surface area contributed by atoms with Gasteiger partial charge < -0.3 is 5.73 Å². The van der Waals surface area contributed by atoms with Gasteiger partial charge in [-0.1, -0.05) is 24.5 Å². The second-order valence-corrected chi connectivity index (χ2v) is 4.65. The van der Waals surface area contributed by atoms with Gasteiger partial charge in [0.05, 0.1) is 5.52 Å². The number of nitrogens with zero attached hydrogens (tertiary/aromatic N) is 3. The van der Waals surface area contributed by atoms with Crippen molar-refractivity contribution in [1.82, 2.24) is 15.0 Å². The van der Waals surface area contributed by atoms with E-state index in [0.29, 0.717) is 0 Å². The highest BCUT2D eigenvalue weighted by atomic mass is 15.4. The maximum atomic E-state index is 5.71. The molecule has 4 heteroatoms. The van der Waals surface area contributed by atoms with Crippen LogP contribution in [-0.2, 0) is 6.54 Å². The Labute approximate surface area is 94.4 Å². The molecule has 0 spiro atoms. The molecule has 2 N–H and O–H groups in total. The fraction of sp³-hybridized carbons (Fsp3) is 0.500. The summed E-state index contributed by atoms with van der Waals surface area (Å²) in [5.74, 6) is 0.910. The minimum Gasteiger partial charge on any atom is -0.399 e. The van der Waals surface area contributed by atoms with E-state index in [0.717, 1.165) is 29.2 Å². The summed E-state index contributed by atoms with van der Waals surface area (Å²) in [6.45, 7) is 0.977. The van der Waals surface area contributed by atoms with E-state index in [1.165, 1.54) is 25.7 Å². The number of hydrogen-bond donors (Lipinski definition) is 1. The molecule has 1 aromatic heterocycles. The third-order valence-electron chi connectivity index (χ3n) is 3.51. The summed E-state index contributed by atoms with van der Waals surface area (Å²) in [4.78, 5) is 0. The normalized spacial score (nSPS) is 16.5. The maximum Gasteiger partial charge on any atom is 0.115 e. The van der Waals surface area contributed by atoms with E-state index in [4.69, 9.17) is 5.73 Å². The minimum atomic E-state index is 0.749. The molecule has 2 aromatic rings. The fourth-order valence-electron chi connectivity index (χ4n) is 2.24. The SMILES string of the molecule is Nc1ccc2c(c1)nnn2CCC1CCC1. The van der Waals surface area contributed by atoms with E-state index < -0.39 is 0 Å². The van der Waals surface area contributed by atoms with Crippen molar-refractivity contribution in [2.24, 2.45) is 5.92 Å². The van der Waals surface area contributed by atoms with Gasteiger partial charge in [0.25, 0.3) is 0 Å². The van der Waals surface area contributed by atoms with Crippen LogP contribution in [0.1, 0.15) is 25.7 Å². The summed E-state index contributed by atoms with van der Waals surface area (Å²) in [5.41, 5.74) is 8.45. The molecular weight excluding hydrogens is 200 g/mol. The lowest BCUT2D eigenvalue weighted by Crippen LogP contribution is -2.14. The lowest BCUT2D eigenvalue weighted by Gasteiger charge is -2.24. The van der Waals surface area contributed by atoms with Crippen molar-refractivity contribution in [2.75, 3.05) is 5.73 Å². The maximum absolute atomic E-state index is 5.71. The number of rotatable bonds is 3. The van der Waals surface area contributed by atoms with Gasteiger partial charge >= 0.3 is 0 Å². The predicted octanol–water partition coefficient (Wildman–Crippen LogP) is 2.20. The predicted molar refractivity (Wildman–Crippen MR) is 63.9 cm³/mol. The fourth-order valence-corrected chi connectivity index (χ4v) is 2.24. The highest BCUT2D eigenvalue weighted by molar-refractivity contribution is 5.77. The molecule has 84 valence electrons. The first-order valence-corrected chi connectivity index (χ1v) is 5.91. The molecule has 1 aromatic carbocycles. The molecule has 16 heavy (non-hydrogen) atoms. The molecule has 0 radical (unpaired) electrons. The molecule has 3 rings (SSSR count). The van der Waals surface area contributed by atoms with Crippen molar-refractivity contribution in [3.63, 3.8) is 0 Å². The summed E-state index contributed by atoms with van der Waals surface area (Å²) in [7, 11) is 0. The molecule has 1 aliphatic rings. The Bertz CT molecular complexity index is 499. The number of aryl methyl sites for hydroxylation is 1. The van der Waals surface area contributed by atoms with Crippen LogP contribution in [0.25, 0.3) is 11.0 Å². The van der Waals surface area contributed by atoms with Gasteiger partial charge in [0, 0.05) is 12.2 Å². The number of aromatic nitrogens is 3. The molecule has 1 fully saturated rings. The third kappa shape index (κ3) is 1.64. The Hall–Kier alpha value is -1.58. The van der Waals surface area contributed by atoms with Crippen LogP contribution in [0.3, 0.4) is 0 Å². The number of nitrogen functional groups attached to an aromatic ring is 1. The summed E-state index contributed by atoms with van der Waals surface area (Å²) in [5, 5.41) is 8.31. The van der Waals surface area contributed by atoms with Crippen LogP contribution < -0.4 is 5.73 Å². The molecule has 0 unspecified atom stereocenters. The van der Waals surface area contributed by atoms with E-state index in [-0.39, 0.29) is 0 Å². The largest absolute Gasteiger partial charge is 0.399 e. The molecule has 0 saturated heterocycles. The van der Waals surface area contributed by atoms with Crippen molar-refractivity contribution in [3.8, 4) is 0 Å². The number of fused-ring (bicyclic) bond motifs is 1. The highest BCUT2D eigenvalue weighted by Crippen LogP contribution is 2.30. The smallest absolute Gasteiger partial charge is 0.115 e. The Kier molecular flexibility index (Phi) is 2.27. The van der Waals surface area contributed by atoms with Crippen LogP contribution in [-0.4, -0.2) is 15.0 Å². The van der Waals surface area contributed by atoms with Crippen LogP contribution in [0, 0.1) is 5.92 Å². The van der Waals surface area contributed by atoms with Crippen LogP contribution in [0.2, 0.25) is 0 Å². The van der Waals surface area contributed by atoms with Crippen molar-refractivity contribution in [1.29, 1.82) is 0 Å². The molecule has 0 amide bonds. The van der Waals surface area contributed by atoms with Crippen LogP contribution in [0.5, 0.6) is 0 Å². The number of hydrogen-bond acceptors (Lipinski definition) is 3. The molecule has 0 bridgehead atoms. The molecular formula is C12H16N4. The first kappa shape index (κ1) is 9.63. The summed E-state index contributed by atoms with van der Waals surface area (Å²) in [6, 6.07) is 5.79. The Morgan fingerprint density at radius 3 is 3.00 bits per heavy atom. The summed E-state index contributed by atoms with van der Waals surface area (Å²) in [6.07, 6.45) is 5.40.